The summed E-state index contributed by atoms with van der Waals surface area (Å²) in [7, 11) is 8.70. The van der Waals surface area contributed by atoms with E-state index < -0.39 is 6.03 Å². The highest BCUT2D eigenvalue weighted by Gasteiger charge is 2.30. The van der Waals surface area contributed by atoms with Crippen molar-refractivity contribution in [2.24, 2.45) is 0 Å². The molecule has 0 radical (unpaired) electrons. The summed E-state index contributed by atoms with van der Waals surface area (Å²) in [5, 5.41) is 5.84. The third-order valence-electron chi connectivity index (χ3n) is 5.92. The van der Waals surface area contributed by atoms with Crippen LogP contribution in [0.3, 0.4) is 0 Å². The number of H-pyrrole nitrogens is 1. The lowest BCUT2D eigenvalue weighted by Gasteiger charge is -2.19. The number of ether oxygens (including phenoxy) is 2. The lowest BCUT2D eigenvalue weighted by Crippen LogP contribution is -2.34. The normalized spacial score (nSPS) is 13.6. The average Bonchev–Trinajstić information content (AvgIpc) is 3.38. The molecule has 0 unspecified atom stereocenters. The number of amides is 3. The molecule has 3 aromatic rings. The summed E-state index contributed by atoms with van der Waals surface area (Å²) >= 11 is 0. The van der Waals surface area contributed by atoms with Gasteiger partial charge in [-0.1, -0.05) is 0 Å². The zero-order valence-electron chi connectivity index (χ0n) is 20.9. The summed E-state index contributed by atoms with van der Waals surface area (Å²) in [4.78, 5) is 45.1. The number of rotatable bonds is 7. The quantitative estimate of drug-likeness (QED) is 0.437. The number of aromatic nitrogens is 1. The summed E-state index contributed by atoms with van der Waals surface area (Å²) in [5.74, 6) is 0.520. The number of ketones is 1. The van der Waals surface area contributed by atoms with Crippen LogP contribution in [-0.4, -0.2) is 80.9 Å². The summed E-state index contributed by atoms with van der Waals surface area (Å²) in [6.07, 6.45) is 1.58. The maximum Gasteiger partial charge on any atom is 0.318 e. The van der Waals surface area contributed by atoms with Gasteiger partial charge in [-0.3, -0.25) is 9.59 Å². The molecule has 1 aliphatic heterocycles. The van der Waals surface area contributed by atoms with E-state index >= 15 is 0 Å². The van der Waals surface area contributed by atoms with Crippen LogP contribution in [0, 0.1) is 0 Å². The number of Topliss-reactive ketones (excluding diaryl/α,β-unsaturated/α-hetero) is 1. The van der Waals surface area contributed by atoms with Crippen LogP contribution in [0.4, 0.5) is 10.5 Å². The van der Waals surface area contributed by atoms with Crippen LogP contribution in [0.5, 0.6) is 11.5 Å². The molecule has 1 aliphatic rings. The van der Waals surface area contributed by atoms with E-state index in [1.165, 1.54) is 7.05 Å². The van der Waals surface area contributed by atoms with Crippen LogP contribution in [0.15, 0.2) is 42.2 Å². The lowest BCUT2D eigenvalue weighted by molar-refractivity contribution is 0.0781. The summed E-state index contributed by atoms with van der Waals surface area (Å²) in [6.45, 7) is 1.23. The van der Waals surface area contributed by atoms with E-state index in [0.29, 0.717) is 47.1 Å². The van der Waals surface area contributed by atoms with E-state index in [1.54, 1.807) is 49.4 Å². The van der Waals surface area contributed by atoms with Crippen molar-refractivity contribution in [2.45, 2.75) is 0 Å². The second-order valence-electron chi connectivity index (χ2n) is 8.71. The molecule has 10 nitrogen and oxygen atoms in total. The van der Waals surface area contributed by atoms with E-state index in [2.05, 4.69) is 15.6 Å². The molecule has 2 aromatic carbocycles. The minimum absolute atomic E-state index is 0.0795. The van der Waals surface area contributed by atoms with Crippen LogP contribution >= 0.6 is 0 Å². The van der Waals surface area contributed by atoms with Gasteiger partial charge in [-0.15, -0.1) is 0 Å². The van der Waals surface area contributed by atoms with Gasteiger partial charge in [0.15, 0.2) is 5.76 Å². The second-order valence-corrected chi connectivity index (χ2v) is 8.71. The predicted molar refractivity (Wildman–Crippen MR) is 138 cm³/mol. The van der Waals surface area contributed by atoms with Gasteiger partial charge in [0.25, 0.3) is 5.91 Å². The Morgan fingerprint density at radius 1 is 1.11 bits per heavy atom. The van der Waals surface area contributed by atoms with Crippen molar-refractivity contribution in [3.05, 3.63) is 59.0 Å². The molecule has 3 N–H and O–H groups in total. The number of hydrogen-bond donors (Lipinski definition) is 3. The van der Waals surface area contributed by atoms with Crippen LogP contribution in [0.1, 0.15) is 26.4 Å². The molecule has 0 saturated heterocycles. The molecule has 36 heavy (non-hydrogen) atoms. The SMILES string of the molecule is CNC(=O)Nc1ccc2c(c1)C(=O)C(=Cc1c(C(=O)N(C)CCN(C)C)[nH]c3ccc(OC)cc13)O2. The largest absolute Gasteiger partial charge is 0.497 e. The number of anilines is 1. The monoisotopic (exact) mass is 491 g/mol. The Balaban J connectivity index is 1.75. The van der Waals surface area contributed by atoms with Gasteiger partial charge in [0, 0.05) is 49.3 Å². The van der Waals surface area contributed by atoms with Crippen LogP contribution in [-0.2, 0) is 0 Å². The fraction of sp³-hybridized carbons (Fsp3) is 0.269. The zero-order chi connectivity index (χ0) is 26.0. The fourth-order valence-corrected chi connectivity index (χ4v) is 3.87. The van der Waals surface area contributed by atoms with Crippen LogP contribution < -0.4 is 20.1 Å². The molecule has 0 fully saturated rings. The van der Waals surface area contributed by atoms with Gasteiger partial charge < -0.3 is 34.9 Å². The van der Waals surface area contributed by atoms with Crippen molar-refractivity contribution >= 4 is 40.4 Å². The molecular weight excluding hydrogens is 462 g/mol. The highest BCUT2D eigenvalue weighted by Crippen LogP contribution is 2.36. The van der Waals surface area contributed by atoms with Crippen molar-refractivity contribution in [3.8, 4) is 11.5 Å². The molecule has 1 aromatic heterocycles. The molecule has 2 heterocycles. The Hall–Kier alpha value is -4.31. The van der Waals surface area contributed by atoms with Gasteiger partial charge in [-0.05, 0) is 56.6 Å². The minimum atomic E-state index is -0.397. The number of urea groups is 1. The highest BCUT2D eigenvalue weighted by atomic mass is 16.5. The average molecular weight is 492 g/mol. The smallest absolute Gasteiger partial charge is 0.318 e. The molecule has 0 spiro atoms. The molecular formula is C26H29N5O5. The maximum atomic E-state index is 13.4. The van der Waals surface area contributed by atoms with Crippen molar-refractivity contribution < 1.29 is 23.9 Å². The van der Waals surface area contributed by atoms with Gasteiger partial charge in [0.05, 0.1) is 12.7 Å². The van der Waals surface area contributed by atoms with Gasteiger partial charge in [0.1, 0.15) is 17.2 Å². The third-order valence-corrected chi connectivity index (χ3v) is 5.92. The molecule has 0 aliphatic carbocycles. The standard InChI is InChI=1S/C26H29N5O5/c1-27-26(34)28-15-6-9-21-19(12-15)24(32)22(36-21)14-18-17-13-16(35-5)7-8-20(17)29-23(18)25(33)31(4)11-10-30(2)3/h6-9,12-14,29H,10-11H2,1-5H3,(H2,27,28,34). The number of nitrogens with zero attached hydrogens (tertiary/aromatic N) is 2. The first-order chi connectivity index (χ1) is 17.2. The molecule has 188 valence electrons. The van der Waals surface area contributed by atoms with Crippen molar-refractivity contribution in [3.63, 3.8) is 0 Å². The number of nitrogens with one attached hydrogen (secondary N) is 3. The van der Waals surface area contributed by atoms with E-state index in [9.17, 15) is 14.4 Å². The first-order valence-electron chi connectivity index (χ1n) is 11.4. The van der Waals surface area contributed by atoms with Crippen molar-refractivity contribution in [1.29, 1.82) is 0 Å². The van der Waals surface area contributed by atoms with E-state index in [-0.39, 0.29) is 17.4 Å². The Bertz CT molecular complexity index is 1370. The van der Waals surface area contributed by atoms with Crippen LogP contribution in [0.25, 0.3) is 17.0 Å². The number of benzene rings is 2. The number of likely N-dealkylation sites (N-methyl/N-ethyl adjacent to an activating group) is 2. The Kier molecular flexibility index (Phi) is 6.98. The predicted octanol–water partition coefficient (Wildman–Crippen LogP) is 3.18. The Labute approximate surface area is 208 Å². The first kappa shape index (κ1) is 24.8. The van der Waals surface area contributed by atoms with Crippen molar-refractivity contribution in [1.82, 2.24) is 20.1 Å². The molecule has 10 heteroatoms. The third kappa shape index (κ3) is 4.89. The molecule has 0 bridgehead atoms. The van der Waals surface area contributed by atoms with Gasteiger partial charge >= 0.3 is 6.03 Å². The van der Waals surface area contributed by atoms with E-state index in [4.69, 9.17) is 9.47 Å². The fourth-order valence-electron chi connectivity index (χ4n) is 3.87. The number of aromatic amines is 1. The Morgan fingerprint density at radius 2 is 1.89 bits per heavy atom. The number of fused-ring (bicyclic) bond motifs is 2. The van der Waals surface area contributed by atoms with E-state index in [1.807, 2.05) is 31.1 Å². The van der Waals surface area contributed by atoms with E-state index in [0.717, 1.165) is 10.9 Å². The molecule has 0 atom stereocenters. The number of carbonyl (C=O) groups is 3. The second kappa shape index (κ2) is 10.1. The lowest BCUT2D eigenvalue weighted by atomic mass is 10.1. The van der Waals surface area contributed by atoms with Gasteiger partial charge in [-0.25, -0.2) is 4.79 Å². The summed E-state index contributed by atoms with van der Waals surface area (Å²) in [6, 6.07) is 9.88. The maximum absolute atomic E-state index is 13.4. The number of allylic oxidation sites excluding steroid dienone is 1. The number of carbonyl (C=O) groups excluding carboxylic acids is 3. The summed E-state index contributed by atoms with van der Waals surface area (Å²) in [5.41, 5.74) is 2.39. The van der Waals surface area contributed by atoms with Gasteiger partial charge in [-0.2, -0.15) is 0 Å². The van der Waals surface area contributed by atoms with Crippen LogP contribution in [0.2, 0.25) is 0 Å². The summed E-state index contributed by atoms with van der Waals surface area (Å²) < 4.78 is 11.2. The number of methoxy groups -OCH3 is 1. The number of hydrogen-bond acceptors (Lipinski definition) is 6. The molecule has 4 rings (SSSR count). The topological polar surface area (TPSA) is 116 Å². The minimum Gasteiger partial charge on any atom is -0.497 e. The molecule has 3 amide bonds. The highest BCUT2D eigenvalue weighted by molar-refractivity contribution is 6.17. The Morgan fingerprint density at radius 3 is 2.58 bits per heavy atom. The first-order valence-corrected chi connectivity index (χ1v) is 11.4. The zero-order valence-corrected chi connectivity index (χ0v) is 20.9. The molecule has 0 saturated carbocycles. The van der Waals surface area contributed by atoms with Gasteiger partial charge in [0.2, 0.25) is 5.78 Å². The van der Waals surface area contributed by atoms with Crippen molar-refractivity contribution in [2.75, 3.05) is 53.7 Å².